The fourth-order valence-electron chi connectivity index (χ4n) is 1.18. The SMILES string of the molecule is CCc1sncc1CC(C)C. The summed E-state index contributed by atoms with van der Waals surface area (Å²) in [7, 11) is 0. The van der Waals surface area contributed by atoms with Crippen LogP contribution in [-0.2, 0) is 12.8 Å². The first-order valence-corrected chi connectivity index (χ1v) is 4.93. The lowest BCUT2D eigenvalue weighted by molar-refractivity contribution is 0.644. The summed E-state index contributed by atoms with van der Waals surface area (Å²) >= 11 is 1.64. The second kappa shape index (κ2) is 3.86. The summed E-state index contributed by atoms with van der Waals surface area (Å²) in [6, 6.07) is 0. The second-order valence-corrected chi connectivity index (χ2v) is 4.11. The van der Waals surface area contributed by atoms with Crippen LogP contribution < -0.4 is 0 Å². The molecule has 0 N–H and O–H groups in total. The highest BCUT2D eigenvalue weighted by Gasteiger charge is 2.04. The van der Waals surface area contributed by atoms with E-state index in [1.54, 1.807) is 11.5 Å². The smallest absolute Gasteiger partial charge is 0.0441 e. The molecular weight excluding hydrogens is 154 g/mol. The van der Waals surface area contributed by atoms with E-state index in [-0.39, 0.29) is 0 Å². The molecule has 0 radical (unpaired) electrons. The van der Waals surface area contributed by atoms with Gasteiger partial charge in [-0.05, 0) is 35.9 Å². The van der Waals surface area contributed by atoms with Gasteiger partial charge in [0.05, 0.1) is 0 Å². The van der Waals surface area contributed by atoms with Crippen molar-refractivity contribution in [2.75, 3.05) is 0 Å². The fourth-order valence-corrected chi connectivity index (χ4v) is 1.87. The molecule has 1 rings (SSSR count). The van der Waals surface area contributed by atoms with Gasteiger partial charge >= 0.3 is 0 Å². The lowest BCUT2D eigenvalue weighted by Gasteiger charge is -2.02. The number of aryl methyl sites for hydroxylation is 1. The van der Waals surface area contributed by atoms with Crippen molar-refractivity contribution in [1.82, 2.24) is 4.37 Å². The van der Waals surface area contributed by atoms with Gasteiger partial charge in [-0.1, -0.05) is 20.8 Å². The van der Waals surface area contributed by atoms with E-state index < -0.39 is 0 Å². The van der Waals surface area contributed by atoms with Gasteiger partial charge in [0.2, 0.25) is 0 Å². The zero-order valence-electron chi connectivity index (χ0n) is 7.42. The summed E-state index contributed by atoms with van der Waals surface area (Å²) in [6.45, 7) is 6.69. The van der Waals surface area contributed by atoms with Crippen LogP contribution in [0.4, 0.5) is 0 Å². The van der Waals surface area contributed by atoms with Crippen LogP contribution in [0, 0.1) is 5.92 Å². The molecule has 0 saturated heterocycles. The molecule has 0 amide bonds. The van der Waals surface area contributed by atoms with E-state index >= 15 is 0 Å². The fraction of sp³-hybridized carbons (Fsp3) is 0.667. The Morgan fingerprint density at radius 2 is 2.27 bits per heavy atom. The van der Waals surface area contributed by atoms with E-state index in [4.69, 9.17) is 0 Å². The largest absolute Gasteiger partial charge is 0.201 e. The topological polar surface area (TPSA) is 12.9 Å². The van der Waals surface area contributed by atoms with Crippen LogP contribution >= 0.6 is 11.5 Å². The van der Waals surface area contributed by atoms with E-state index in [1.165, 1.54) is 16.9 Å². The van der Waals surface area contributed by atoms with Crippen LogP contribution in [0.5, 0.6) is 0 Å². The molecule has 0 aromatic carbocycles. The molecular formula is C9H15NS. The van der Waals surface area contributed by atoms with E-state index in [0.29, 0.717) is 0 Å². The van der Waals surface area contributed by atoms with E-state index in [0.717, 1.165) is 12.3 Å². The number of hydrogen-bond acceptors (Lipinski definition) is 2. The molecule has 2 heteroatoms. The van der Waals surface area contributed by atoms with Gasteiger partial charge in [0.25, 0.3) is 0 Å². The minimum Gasteiger partial charge on any atom is -0.201 e. The Bertz CT molecular complexity index is 215. The highest BCUT2D eigenvalue weighted by atomic mass is 32.1. The van der Waals surface area contributed by atoms with Crippen molar-refractivity contribution >= 4 is 11.5 Å². The Labute approximate surface area is 72.6 Å². The molecule has 11 heavy (non-hydrogen) atoms. The number of hydrogen-bond donors (Lipinski definition) is 0. The van der Waals surface area contributed by atoms with Crippen molar-refractivity contribution in [3.8, 4) is 0 Å². The van der Waals surface area contributed by atoms with Crippen LogP contribution in [-0.4, -0.2) is 4.37 Å². The van der Waals surface area contributed by atoms with Crippen LogP contribution in [0.2, 0.25) is 0 Å². The molecule has 62 valence electrons. The first kappa shape index (κ1) is 8.72. The quantitative estimate of drug-likeness (QED) is 0.678. The van der Waals surface area contributed by atoms with Crippen molar-refractivity contribution in [3.05, 3.63) is 16.6 Å². The molecule has 1 aromatic rings. The van der Waals surface area contributed by atoms with Crippen LogP contribution in [0.3, 0.4) is 0 Å². The highest BCUT2D eigenvalue weighted by molar-refractivity contribution is 7.05. The molecule has 0 aliphatic rings. The summed E-state index contributed by atoms with van der Waals surface area (Å²) in [5.74, 6) is 0.747. The third-order valence-electron chi connectivity index (χ3n) is 1.68. The maximum absolute atomic E-state index is 4.19. The lowest BCUT2D eigenvalue weighted by Crippen LogP contribution is -1.94. The maximum Gasteiger partial charge on any atom is 0.0441 e. The summed E-state index contributed by atoms with van der Waals surface area (Å²) in [5, 5.41) is 0. The van der Waals surface area contributed by atoms with Crippen molar-refractivity contribution < 1.29 is 0 Å². The van der Waals surface area contributed by atoms with Gasteiger partial charge < -0.3 is 0 Å². The van der Waals surface area contributed by atoms with E-state index in [9.17, 15) is 0 Å². The van der Waals surface area contributed by atoms with E-state index in [2.05, 4.69) is 25.1 Å². The van der Waals surface area contributed by atoms with Gasteiger partial charge in [-0.25, -0.2) is 4.37 Å². The molecule has 1 heterocycles. The molecule has 1 aromatic heterocycles. The van der Waals surface area contributed by atoms with Gasteiger partial charge in [-0.2, -0.15) is 0 Å². The van der Waals surface area contributed by atoms with Crippen molar-refractivity contribution in [2.24, 2.45) is 5.92 Å². The summed E-state index contributed by atoms with van der Waals surface area (Å²) in [4.78, 5) is 1.46. The monoisotopic (exact) mass is 169 g/mol. The minimum atomic E-state index is 0.747. The van der Waals surface area contributed by atoms with Gasteiger partial charge in [0.1, 0.15) is 0 Å². The average molecular weight is 169 g/mol. The van der Waals surface area contributed by atoms with Crippen molar-refractivity contribution in [2.45, 2.75) is 33.6 Å². The average Bonchev–Trinajstić information content (AvgIpc) is 2.34. The number of nitrogens with zero attached hydrogens (tertiary/aromatic N) is 1. The van der Waals surface area contributed by atoms with E-state index in [1.807, 2.05) is 6.20 Å². The summed E-state index contributed by atoms with van der Waals surface area (Å²) in [5.41, 5.74) is 1.45. The third kappa shape index (κ3) is 2.29. The lowest BCUT2D eigenvalue weighted by atomic mass is 10.0. The Balaban J connectivity index is 2.68. The number of rotatable bonds is 3. The van der Waals surface area contributed by atoms with Gasteiger partial charge in [-0.3, -0.25) is 0 Å². The standard InChI is InChI=1S/C9H15NS/c1-4-9-8(5-7(2)3)6-10-11-9/h6-7H,4-5H2,1-3H3. The Hall–Kier alpha value is -0.370. The zero-order chi connectivity index (χ0) is 8.27. The molecule has 0 atom stereocenters. The number of aromatic nitrogens is 1. The van der Waals surface area contributed by atoms with Gasteiger partial charge in [0.15, 0.2) is 0 Å². The predicted molar refractivity (Wildman–Crippen MR) is 50.0 cm³/mol. The molecule has 0 spiro atoms. The minimum absolute atomic E-state index is 0.747. The van der Waals surface area contributed by atoms with Crippen LogP contribution in [0.25, 0.3) is 0 Å². The molecule has 0 saturated carbocycles. The second-order valence-electron chi connectivity index (χ2n) is 3.23. The Kier molecular flexibility index (Phi) is 3.06. The van der Waals surface area contributed by atoms with Crippen molar-refractivity contribution in [3.63, 3.8) is 0 Å². The Morgan fingerprint density at radius 3 is 2.82 bits per heavy atom. The normalized spacial score (nSPS) is 10.9. The maximum atomic E-state index is 4.19. The van der Waals surface area contributed by atoms with Crippen LogP contribution in [0.15, 0.2) is 6.20 Å². The summed E-state index contributed by atoms with van der Waals surface area (Å²) in [6.07, 6.45) is 4.33. The molecule has 1 nitrogen and oxygen atoms in total. The molecule has 0 unspecified atom stereocenters. The molecule has 0 fully saturated rings. The first-order valence-electron chi connectivity index (χ1n) is 4.16. The molecule has 0 aliphatic heterocycles. The summed E-state index contributed by atoms with van der Waals surface area (Å²) < 4.78 is 4.19. The van der Waals surface area contributed by atoms with Crippen LogP contribution in [0.1, 0.15) is 31.2 Å². The molecule has 0 bridgehead atoms. The first-order chi connectivity index (χ1) is 5.24. The highest BCUT2D eigenvalue weighted by Crippen LogP contribution is 2.17. The third-order valence-corrected chi connectivity index (χ3v) is 2.66. The van der Waals surface area contributed by atoms with Gasteiger partial charge in [-0.15, -0.1) is 0 Å². The van der Waals surface area contributed by atoms with Crippen molar-refractivity contribution in [1.29, 1.82) is 0 Å². The predicted octanol–water partition coefficient (Wildman–Crippen LogP) is 2.90. The van der Waals surface area contributed by atoms with Gasteiger partial charge in [0, 0.05) is 11.1 Å². The Morgan fingerprint density at radius 1 is 1.55 bits per heavy atom. The zero-order valence-corrected chi connectivity index (χ0v) is 8.24. The molecule has 0 aliphatic carbocycles.